The van der Waals surface area contributed by atoms with Crippen molar-refractivity contribution in [1.82, 2.24) is 15.0 Å². The van der Waals surface area contributed by atoms with Crippen LogP contribution in [0.25, 0.3) is 5.69 Å². The third-order valence-electron chi connectivity index (χ3n) is 3.10. The minimum absolute atomic E-state index is 0.488. The van der Waals surface area contributed by atoms with Crippen LogP contribution in [0.1, 0.15) is 30.0 Å². The average molecular weight is 249 g/mol. The fraction of sp³-hybridized carbons (Fsp3) is 0.333. The number of nitrogens with two attached hydrogens (primary N) is 1. The first-order valence-electron chi connectivity index (χ1n) is 5.65. The Morgan fingerprint density at radius 2 is 2.18 bits per heavy atom. The van der Waals surface area contributed by atoms with Crippen LogP contribution in [0.15, 0.2) is 18.2 Å². The molecule has 4 nitrogen and oxygen atoms in total. The highest BCUT2D eigenvalue weighted by atomic mass is 35.5. The molecule has 0 radical (unpaired) electrons. The lowest BCUT2D eigenvalue weighted by Gasteiger charge is -2.09. The summed E-state index contributed by atoms with van der Waals surface area (Å²) >= 11 is 6.30. The number of aromatic nitrogens is 3. The summed E-state index contributed by atoms with van der Waals surface area (Å²) in [5.74, 6) is 1.01. The number of benzene rings is 1. The van der Waals surface area contributed by atoms with Gasteiger partial charge < -0.3 is 5.73 Å². The standard InChI is InChI=1S/C12H13ClN4/c1-7-3-2-4-9(10(7)13)17-11(8-5-6-8)12(14)15-16-17/h2-4,8H,5-6,14H2,1H3. The summed E-state index contributed by atoms with van der Waals surface area (Å²) < 4.78 is 1.78. The highest BCUT2D eigenvalue weighted by molar-refractivity contribution is 6.33. The van der Waals surface area contributed by atoms with Crippen molar-refractivity contribution in [3.05, 3.63) is 34.5 Å². The van der Waals surface area contributed by atoms with Gasteiger partial charge in [0, 0.05) is 5.92 Å². The number of rotatable bonds is 2. The van der Waals surface area contributed by atoms with Crippen molar-refractivity contribution in [2.45, 2.75) is 25.7 Å². The molecule has 0 saturated heterocycles. The molecule has 88 valence electrons. The molecule has 0 amide bonds. The minimum atomic E-state index is 0.488. The van der Waals surface area contributed by atoms with E-state index < -0.39 is 0 Å². The lowest BCUT2D eigenvalue weighted by Crippen LogP contribution is -2.04. The molecule has 2 N–H and O–H groups in total. The second-order valence-corrected chi connectivity index (χ2v) is 4.83. The zero-order chi connectivity index (χ0) is 12.0. The Balaban J connectivity index is 2.18. The molecule has 1 aliphatic rings. The Bertz CT molecular complexity index is 572. The van der Waals surface area contributed by atoms with E-state index >= 15 is 0 Å². The van der Waals surface area contributed by atoms with E-state index in [0.29, 0.717) is 16.8 Å². The lowest BCUT2D eigenvalue weighted by molar-refractivity contribution is 0.763. The SMILES string of the molecule is Cc1cccc(-n2nnc(N)c2C2CC2)c1Cl. The molecule has 0 unspecified atom stereocenters. The average Bonchev–Trinajstić information content (AvgIpc) is 3.07. The fourth-order valence-electron chi connectivity index (χ4n) is 2.01. The molecule has 1 aromatic carbocycles. The third kappa shape index (κ3) is 1.69. The predicted molar refractivity (Wildman–Crippen MR) is 67.5 cm³/mol. The van der Waals surface area contributed by atoms with Gasteiger partial charge >= 0.3 is 0 Å². The first-order chi connectivity index (χ1) is 8.18. The van der Waals surface area contributed by atoms with Gasteiger partial charge in [-0.05, 0) is 31.4 Å². The predicted octanol–water partition coefficient (Wildman–Crippen LogP) is 2.69. The topological polar surface area (TPSA) is 56.7 Å². The Morgan fingerprint density at radius 1 is 1.41 bits per heavy atom. The molecule has 0 bridgehead atoms. The zero-order valence-electron chi connectivity index (χ0n) is 9.52. The maximum absolute atomic E-state index is 6.30. The molecule has 17 heavy (non-hydrogen) atoms. The van der Waals surface area contributed by atoms with Gasteiger partial charge in [0.15, 0.2) is 5.82 Å². The van der Waals surface area contributed by atoms with Crippen molar-refractivity contribution in [3.8, 4) is 5.69 Å². The van der Waals surface area contributed by atoms with Gasteiger partial charge in [0.25, 0.3) is 0 Å². The summed E-state index contributed by atoms with van der Waals surface area (Å²) in [4.78, 5) is 0. The Kier molecular flexibility index (Phi) is 2.33. The maximum atomic E-state index is 6.30. The number of halogens is 1. The number of aryl methyl sites for hydroxylation is 1. The van der Waals surface area contributed by atoms with E-state index in [-0.39, 0.29) is 0 Å². The quantitative estimate of drug-likeness (QED) is 0.889. The van der Waals surface area contributed by atoms with Crippen molar-refractivity contribution >= 4 is 17.4 Å². The molecule has 2 aromatic rings. The van der Waals surface area contributed by atoms with Gasteiger partial charge in [-0.25, -0.2) is 4.68 Å². The highest BCUT2D eigenvalue weighted by Gasteiger charge is 2.31. The van der Waals surface area contributed by atoms with Crippen molar-refractivity contribution < 1.29 is 0 Å². The van der Waals surface area contributed by atoms with E-state index in [0.717, 1.165) is 29.8 Å². The monoisotopic (exact) mass is 248 g/mol. The van der Waals surface area contributed by atoms with Crippen molar-refractivity contribution in [2.75, 3.05) is 5.73 Å². The summed E-state index contributed by atoms with van der Waals surface area (Å²) in [7, 11) is 0. The second-order valence-electron chi connectivity index (χ2n) is 4.45. The first kappa shape index (κ1) is 10.6. The maximum Gasteiger partial charge on any atom is 0.169 e. The van der Waals surface area contributed by atoms with E-state index in [1.807, 2.05) is 25.1 Å². The minimum Gasteiger partial charge on any atom is -0.381 e. The summed E-state index contributed by atoms with van der Waals surface area (Å²) in [5, 5.41) is 8.77. The van der Waals surface area contributed by atoms with Crippen LogP contribution in [-0.2, 0) is 0 Å². The number of anilines is 1. The van der Waals surface area contributed by atoms with Crippen molar-refractivity contribution in [3.63, 3.8) is 0 Å². The molecule has 1 fully saturated rings. The molecule has 1 heterocycles. The Morgan fingerprint density at radius 3 is 2.88 bits per heavy atom. The third-order valence-corrected chi connectivity index (χ3v) is 3.59. The van der Waals surface area contributed by atoms with E-state index in [4.69, 9.17) is 17.3 Å². The van der Waals surface area contributed by atoms with Crippen LogP contribution in [-0.4, -0.2) is 15.0 Å². The Hall–Kier alpha value is -1.55. The molecule has 0 atom stereocenters. The van der Waals surface area contributed by atoms with Gasteiger partial charge in [0.2, 0.25) is 0 Å². The number of nitrogen functional groups attached to an aromatic ring is 1. The first-order valence-corrected chi connectivity index (χ1v) is 6.03. The van der Waals surface area contributed by atoms with Crippen LogP contribution >= 0.6 is 11.6 Å². The smallest absolute Gasteiger partial charge is 0.169 e. The van der Waals surface area contributed by atoms with Crippen LogP contribution < -0.4 is 5.73 Å². The van der Waals surface area contributed by atoms with E-state index in [1.165, 1.54) is 0 Å². The second kappa shape index (κ2) is 3.74. The van der Waals surface area contributed by atoms with Crippen LogP contribution in [0.4, 0.5) is 5.82 Å². The molecule has 0 spiro atoms. The Labute approximate surface area is 104 Å². The number of hydrogen-bond donors (Lipinski definition) is 1. The fourth-order valence-corrected chi connectivity index (χ4v) is 2.22. The molecule has 5 heteroatoms. The van der Waals surface area contributed by atoms with Crippen LogP contribution in [0.3, 0.4) is 0 Å². The summed E-state index contributed by atoms with van der Waals surface area (Å²) in [5.41, 5.74) is 8.75. The molecular weight excluding hydrogens is 236 g/mol. The van der Waals surface area contributed by atoms with Gasteiger partial charge in [0.05, 0.1) is 16.4 Å². The summed E-state index contributed by atoms with van der Waals surface area (Å²) in [6.07, 6.45) is 2.31. The van der Waals surface area contributed by atoms with Gasteiger partial charge in [0.1, 0.15) is 0 Å². The molecule has 1 aromatic heterocycles. The summed E-state index contributed by atoms with van der Waals surface area (Å²) in [6, 6.07) is 5.88. The van der Waals surface area contributed by atoms with E-state index in [1.54, 1.807) is 4.68 Å². The number of nitrogens with zero attached hydrogens (tertiary/aromatic N) is 3. The van der Waals surface area contributed by atoms with Gasteiger partial charge in [-0.1, -0.05) is 28.9 Å². The molecule has 1 saturated carbocycles. The molecular formula is C12H13ClN4. The van der Waals surface area contributed by atoms with Gasteiger partial charge in [-0.3, -0.25) is 0 Å². The van der Waals surface area contributed by atoms with Gasteiger partial charge in [-0.2, -0.15) is 0 Å². The zero-order valence-corrected chi connectivity index (χ0v) is 10.3. The van der Waals surface area contributed by atoms with E-state index in [9.17, 15) is 0 Å². The molecule has 3 rings (SSSR count). The van der Waals surface area contributed by atoms with Crippen LogP contribution in [0.5, 0.6) is 0 Å². The summed E-state index contributed by atoms with van der Waals surface area (Å²) in [6.45, 7) is 1.98. The molecule has 0 aliphatic heterocycles. The largest absolute Gasteiger partial charge is 0.381 e. The molecule has 1 aliphatic carbocycles. The van der Waals surface area contributed by atoms with Crippen LogP contribution in [0.2, 0.25) is 5.02 Å². The van der Waals surface area contributed by atoms with Crippen LogP contribution in [0, 0.1) is 6.92 Å². The number of hydrogen-bond acceptors (Lipinski definition) is 3. The highest BCUT2D eigenvalue weighted by Crippen LogP contribution is 2.43. The van der Waals surface area contributed by atoms with Crippen molar-refractivity contribution in [2.24, 2.45) is 0 Å². The normalized spacial score (nSPS) is 15.2. The van der Waals surface area contributed by atoms with E-state index in [2.05, 4.69) is 10.3 Å². The lowest BCUT2D eigenvalue weighted by atomic mass is 10.2. The van der Waals surface area contributed by atoms with Gasteiger partial charge in [-0.15, -0.1) is 5.10 Å². The van der Waals surface area contributed by atoms with Crippen molar-refractivity contribution in [1.29, 1.82) is 0 Å².